The number of amides is 1. The molecule has 1 aromatic heterocycles. The third-order valence-electron chi connectivity index (χ3n) is 3.61. The summed E-state index contributed by atoms with van der Waals surface area (Å²) in [5.41, 5.74) is 3.79. The first-order valence-electron chi connectivity index (χ1n) is 7.09. The van der Waals surface area contributed by atoms with Gasteiger partial charge in [0.25, 0.3) is 5.91 Å². The number of carbonyl (C=O) groups excluding carboxylic acids is 1. The highest BCUT2D eigenvalue weighted by atomic mass is 16.4. The highest BCUT2D eigenvalue weighted by Gasteiger charge is 2.09. The lowest BCUT2D eigenvalue weighted by atomic mass is 10.1. The zero-order valence-electron chi connectivity index (χ0n) is 12.5. The van der Waals surface area contributed by atoms with Crippen LogP contribution in [-0.2, 0) is 11.2 Å². The number of carboxylic acids is 1. The summed E-state index contributed by atoms with van der Waals surface area (Å²) in [5, 5.41) is 11.4. The summed E-state index contributed by atoms with van der Waals surface area (Å²) in [6, 6.07) is 12.6. The maximum Gasteiger partial charge on any atom is 0.307 e. The van der Waals surface area contributed by atoms with Crippen molar-refractivity contribution in [3.8, 4) is 5.69 Å². The Bertz CT molecular complexity index is 882. The normalized spacial score (nSPS) is 10.7. The summed E-state index contributed by atoms with van der Waals surface area (Å²) in [7, 11) is 1.59. The van der Waals surface area contributed by atoms with Crippen LogP contribution in [0.4, 0.5) is 0 Å². The number of rotatable bonds is 4. The Kier molecular flexibility index (Phi) is 3.80. The molecular weight excluding hydrogens is 294 g/mol. The number of hydrogen-bond donors (Lipinski definition) is 2. The first-order valence-corrected chi connectivity index (χ1v) is 7.09. The van der Waals surface area contributed by atoms with Crippen LogP contribution in [0.3, 0.4) is 0 Å². The van der Waals surface area contributed by atoms with E-state index in [0.717, 1.165) is 22.3 Å². The molecule has 0 aliphatic rings. The van der Waals surface area contributed by atoms with E-state index in [1.165, 1.54) is 0 Å². The quantitative estimate of drug-likeness (QED) is 0.772. The van der Waals surface area contributed by atoms with Crippen molar-refractivity contribution in [2.24, 2.45) is 0 Å². The fourth-order valence-corrected chi connectivity index (χ4v) is 2.45. The minimum absolute atomic E-state index is 0.000442. The highest BCUT2D eigenvalue weighted by Crippen LogP contribution is 2.20. The third-order valence-corrected chi connectivity index (χ3v) is 3.61. The van der Waals surface area contributed by atoms with Crippen LogP contribution < -0.4 is 5.32 Å². The average Bonchev–Trinajstić information content (AvgIpc) is 2.97. The molecule has 2 N–H and O–H groups in total. The molecule has 6 nitrogen and oxygen atoms in total. The molecule has 0 atom stereocenters. The van der Waals surface area contributed by atoms with Gasteiger partial charge in [-0.15, -0.1) is 0 Å². The lowest BCUT2D eigenvalue weighted by Gasteiger charge is -2.06. The molecule has 3 aromatic rings. The van der Waals surface area contributed by atoms with Crippen LogP contribution in [0, 0.1) is 0 Å². The van der Waals surface area contributed by atoms with Crippen molar-refractivity contribution in [3.63, 3.8) is 0 Å². The molecule has 1 heterocycles. The lowest BCUT2D eigenvalue weighted by molar-refractivity contribution is -0.136. The van der Waals surface area contributed by atoms with Gasteiger partial charge in [-0.25, -0.2) is 4.98 Å². The van der Waals surface area contributed by atoms with Gasteiger partial charge in [0.15, 0.2) is 0 Å². The van der Waals surface area contributed by atoms with Gasteiger partial charge in [0.1, 0.15) is 6.33 Å². The van der Waals surface area contributed by atoms with Crippen molar-refractivity contribution < 1.29 is 14.7 Å². The summed E-state index contributed by atoms with van der Waals surface area (Å²) < 4.78 is 1.90. The van der Waals surface area contributed by atoms with Gasteiger partial charge >= 0.3 is 5.97 Å². The number of nitrogens with zero attached hydrogens (tertiary/aromatic N) is 2. The van der Waals surface area contributed by atoms with Crippen LogP contribution in [0.2, 0.25) is 0 Å². The second-order valence-corrected chi connectivity index (χ2v) is 5.13. The topological polar surface area (TPSA) is 84.2 Å². The van der Waals surface area contributed by atoms with E-state index in [2.05, 4.69) is 10.3 Å². The van der Waals surface area contributed by atoms with Crippen molar-refractivity contribution in [1.82, 2.24) is 14.9 Å². The molecule has 0 unspecified atom stereocenters. The van der Waals surface area contributed by atoms with Gasteiger partial charge in [-0.3, -0.25) is 14.2 Å². The average molecular weight is 309 g/mol. The number of hydrogen-bond acceptors (Lipinski definition) is 3. The number of carboxylic acid groups (broad SMARTS) is 1. The number of nitrogens with one attached hydrogen (secondary N) is 1. The molecule has 3 rings (SSSR count). The molecule has 0 fully saturated rings. The van der Waals surface area contributed by atoms with Crippen LogP contribution in [0.15, 0.2) is 48.8 Å². The fraction of sp³-hybridized carbons (Fsp3) is 0.118. The molecule has 116 valence electrons. The number of fused-ring (bicyclic) bond motifs is 1. The molecule has 23 heavy (non-hydrogen) atoms. The molecule has 0 bridgehead atoms. The van der Waals surface area contributed by atoms with Gasteiger partial charge in [0.05, 0.1) is 17.5 Å². The van der Waals surface area contributed by atoms with Crippen molar-refractivity contribution in [2.75, 3.05) is 7.05 Å². The summed E-state index contributed by atoms with van der Waals surface area (Å²) >= 11 is 0. The smallest absolute Gasteiger partial charge is 0.307 e. The summed E-state index contributed by atoms with van der Waals surface area (Å²) in [6.45, 7) is 0. The van der Waals surface area contributed by atoms with Crippen LogP contribution in [0.25, 0.3) is 16.7 Å². The molecule has 0 aliphatic heterocycles. The van der Waals surface area contributed by atoms with E-state index < -0.39 is 5.97 Å². The lowest BCUT2D eigenvalue weighted by Crippen LogP contribution is -2.17. The van der Waals surface area contributed by atoms with Gasteiger partial charge in [0, 0.05) is 18.3 Å². The zero-order valence-corrected chi connectivity index (χ0v) is 12.5. The first kappa shape index (κ1) is 14.8. The number of aromatic nitrogens is 2. The van der Waals surface area contributed by atoms with E-state index in [4.69, 9.17) is 5.11 Å². The Hall–Kier alpha value is -3.15. The predicted octanol–water partition coefficient (Wildman–Crippen LogP) is 2.01. The van der Waals surface area contributed by atoms with Gasteiger partial charge in [-0.2, -0.15) is 0 Å². The van der Waals surface area contributed by atoms with E-state index in [1.807, 2.05) is 22.8 Å². The monoisotopic (exact) mass is 309 g/mol. The first-order chi connectivity index (χ1) is 11.1. The summed E-state index contributed by atoms with van der Waals surface area (Å²) in [6.07, 6.45) is 1.69. The van der Waals surface area contributed by atoms with Crippen LogP contribution in [0.5, 0.6) is 0 Å². The van der Waals surface area contributed by atoms with Gasteiger partial charge in [-0.1, -0.05) is 12.1 Å². The second-order valence-electron chi connectivity index (χ2n) is 5.13. The molecule has 2 aromatic carbocycles. The molecule has 0 radical (unpaired) electrons. The molecule has 0 aliphatic carbocycles. The Balaban J connectivity index is 1.97. The fourth-order valence-electron chi connectivity index (χ4n) is 2.45. The van der Waals surface area contributed by atoms with Gasteiger partial charge < -0.3 is 10.4 Å². The highest BCUT2D eigenvalue weighted by molar-refractivity contribution is 5.97. The summed E-state index contributed by atoms with van der Waals surface area (Å²) in [5.74, 6) is -1.01. The SMILES string of the molecule is CNC(=O)c1ccc2c(c1)ncn2-c1ccc(CC(=O)O)cc1. The Morgan fingerprint density at radius 3 is 2.57 bits per heavy atom. The van der Waals surface area contributed by atoms with Gasteiger partial charge in [-0.05, 0) is 35.9 Å². The Labute approximate surface area is 132 Å². The van der Waals surface area contributed by atoms with Crippen molar-refractivity contribution >= 4 is 22.9 Å². The van der Waals surface area contributed by atoms with E-state index in [-0.39, 0.29) is 12.3 Å². The van der Waals surface area contributed by atoms with E-state index in [1.54, 1.807) is 37.6 Å². The zero-order chi connectivity index (χ0) is 16.4. The maximum absolute atomic E-state index is 11.7. The Morgan fingerprint density at radius 2 is 1.91 bits per heavy atom. The molecule has 0 saturated heterocycles. The van der Waals surface area contributed by atoms with Gasteiger partial charge in [0.2, 0.25) is 0 Å². The van der Waals surface area contributed by atoms with Crippen molar-refractivity contribution in [1.29, 1.82) is 0 Å². The molecular formula is C17H15N3O3. The molecule has 6 heteroatoms. The maximum atomic E-state index is 11.7. The molecule has 1 amide bonds. The Morgan fingerprint density at radius 1 is 1.17 bits per heavy atom. The number of aliphatic carboxylic acids is 1. The minimum Gasteiger partial charge on any atom is -0.481 e. The van der Waals surface area contributed by atoms with Crippen LogP contribution in [0.1, 0.15) is 15.9 Å². The predicted molar refractivity (Wildman–Crippen MR) is 85.8 cm³/mol. The van der Waals surface area contributed by atoms with E-state index >= 15 is 0 Å². The van der Waals surface area contributed by atoms with Crippen LogP contribution >= 0.6 is 0 Å². The second kappa shape index (κ2) is 5.92. The summed E-state index contributed by atoms with van der Waals surface area (Å²) in [4.78, 5) is 26.7. The molecule has 0 saturated carbocycles. The number of imidazole rings is 1. The van der Waals surface area contributed by atoms with Crippen molar-refractivity contribution in [3.05, 3.63) is 59.9 Å². The van der Waals surface area contributed by atoms with Crippen molar-refractivity contribution in [2.45, 2.75) is 6.42 Å². The molecule has 0 spiro atoms. The van der Waals surface area contributed by atoms with E-state index in [0.29, 0.717) is 5.56 Å². The third kappa shape index (κ3) is 2.91. The minimum atomic E-state index is -0.854. The number of benzene rings is 2. The standard InChI is InChI=1S/C17H15N3O3/c1-18-17(23)12-4-7-15-14(9-12)19-10-20(15)13-5-2-11(3-6-13)8-16(21)22/h2-7,9-10H,8H2,1H3,(H,18,23)(H,21,22). The van der Waals surface area contributed by atoms with E-state index in [9.17, 15) is 9.59 Å². The number of carbonyl (C=O) groups is 2. The van der Waals surface area contributed by atoms with Crippen LogP contribution in [-0.4, -0.2) is 33.6 Å². The largest absolute Gasteiger partial charge is 0.481 e.